The smallest absolute Gasteiger partial charge is 0.326 e. The minimum atomic E-state index is -4.37. The number of halogens is 6. The van der Waals surface area contributed by atoms with Crippen molar-refractivity contribution in [3.8, 4) is 11.3 Å². The van der Waals surface area contributed by atoms with E-state index in [2.05, 4.69) is 10.1 Å². The molecule has 1 heterocycles. The highest BCUT2D eigenvalue weighted by Gasteiger charge is 2.41. The molecule has 124 valence electrons. The molecule has 0 spiro atoms. The van der Waals surface area contributed by atoms with Gasteiger partial charge in [-0.1, -0.05) is 35.3 Å². The van der Waals surface area contributed by atoms with Crippen molar-refractivity contribution in [2.45, 2.75) is 18.9 Å². The summed E-state index contributed by atoms with van der Waals surface area (Å²) in [4.78, 5) is 3.53. The van der Waals surface area contributed by atoms with Crippen molar-refractivity contribution in [2.24, 2.45) is 0 Å². The molecule has 0 amide bonds. The average Bonchev–Trinajstić information content (AvgIpc) is 2.45. The Hall–Kier alpha value is -1.87. The fraction of sp³-hybridized carbons (Fsp3) is 0.250. The van der Waals surface area contributed by atoms with E-state index in [4.69, 9.17) is 34.3 Å². The number of hydrogen-bond donors (Lipinski definition) is 2. The Morgan fingerprint density at radius 1 is 1.30 bits per heavy atom. The lowest BCUT2D eigenvalue weighted by atomic mass is 10.1. The average molecular weight is 370 g/mol. The molecule has 0 atom stereocenters. The van der Waals surface area contributed by atoms with Crippen LogP contribution in [0.4, 0.5) is 23.4 Å². The van der Waals surface area contributed by atoms with Gasteiger partial charge in [-0.05, 0) is 6.07 Å². The zero-order chi connectivity index (χ0) is 17.4. The Morgan fingerprint density at radius 2 is 1.96 bits per heavy atom. The van der Waals surface area contributed by atoms with Crippen molar-refractivity contribution in [3.05, 3.63) is 33.9 Å². The lowest BCUT2D eigenvalue weighted by molar-refractivity contribution is -0.140. The number of nitrogen functional groups attached to an aromatic ring is 1. The molecule has 3 N–H and O–H groups in total. The normalized spacial score (nSPS) is 12.0. The van der Waals surface area contributed by atoms with Crippen LogP contribution in [-0.4, -0.2) is 27.1 Å². The van der Waals surface area contributed by atoms with Gasteiger partial charge < -0.3 is 5.73 Å². The number of nitrogens with two attached hydrogens (primary N) is 1. The first-order valence-electron chi connectivity index (χ1n) is 6.03. The summed E-state index contributed by atoms with van der Waals surface area (Å²) in [6.07, 6.45) is -3.91. The maximum atomic E-state index is 13.2. The summed E-state index contributed by atoms with van der Waals surface area (Å²) >= 11 is 11.8. The molecule has 11 heteroatoms. The lowest BCUT2D eigenvalue weighted by Crippen LogP contribution is -2.39. The fourth-order valence-corrected chi connectivity index (χ4v) is 2.09. The van der Waals surface area contributed by atoms with Crippen molar-refractivity contribution in [3.63, 3.8) is 0 Å². The van der Waals surface area contributed by atoms with Gasteiger partial charge in [0.25, 0.3) is 0 Å². The van der Waals surface area contributed by atoms with Crippen LogP contribution in [0.1, 0.15) is 0 Å². The molecule has 0 radical (unpaired) electrons. The summed E-state index contributed by atoms with van der Waals surface area (Å²) in [6.45, 7) is -1.53. The van der Waals surface area contributed by atoms with Gasteiger partial charge in [0.2, 0.25) is 5.62 Å². The Kier molecular flexibility index (Phi) is 4.81. The van der Waals surface area contributed by atoms with Gasteiger partial charge in [-0.25, -0.2) is 13.5 Å². The van der Waals surface area contributed by atoms with Gasteiger partial charge >= 0.3 is 12.3 Å². The van der Waals surface area contributed by atoms with Crippen molar-refractivity contribution >= 4 is 29.0 Å². The van der Waals surface area contributed by atoms with Crippen LogP contribution in [0.3, 0.4) is 0 Å². The predicted molar refractivity (Wildman–Crippen MR) is 76.7 cm³/mol. The van der Waals surface area contributed by atoms with Crippen LogP contribution in [0.15, 0.2) is 18.2 Å². The van der Waals surface area contributed by atoms with E-state index in [1.54, 1.807) is 0 Å². The lowest BCUT2D eigenvalue weighted by Gasteiger charge is -2.17. The second kappa shape index (κ2) is 6.32. The van der Waals surface area contributed by atoms with Gasteiger partial charge in [0.1, 0.15) is 12.2 Å². The number of benzene rings is 1. The van der Waals surface area contributed by atoms with E-state index < -0.39 is 24.5 Å². The first-order valence-corrected chi connectivity index (χ1v) is 6.78. The van der Waals surface area contributed by atoms with Gasteiger partial charge in [0, 0.05) is 5.56 Å². The van der Waals surface area contributed by atoms with Gasteiger partial charge in [0.05, 0.1) is 10.0 Å². The fourth-order valence-electron chi connectivity index (χ4n) is 1.70. The molecule has 0 aliphatic heterocycles. The van der Waals surface area contributed by atoms with E-state index in [0.717, 1.165) is 0 Å². The van der Waals surface area contributed by atoms with Gasteiger partial charge in [-0.2, -0.15) is 18.9 Å². The molecule has 0 bridgehead atoms. The molecule has 0 saturated heterocycles. The standard InChI is InChI=1S/C12H9Cl2F4N5/c13-6-3-1-2-5(7(6)14)8-9(19)21-11(20)23(22-8)4-12(17,18)10(15)16/h1-3,10H,4H2,(H3,19,20,21). The second-order valence-corrected chi connectivity index (χ2v) is 5.28. The monoisotopic (exact) mass is 369 g/mol. The zero-order valence-electron chi connectivity index (χ0n) is 11.2. The summed E-state index contributed by atoms with van der Waals surface area (Å²) in [7, 11) is 0. The number of nitrogens with one attached hydrogen (secondary N) is 1. The maximum absolute atomic E-state index is 13.2. The summed E-state index contributed by atoms with van der Waals surface area (Å²) < 4.78 is 51.3. The largest absolute Gasteiger partial charge is 0.382 e. The van der Waals surface area contributed by atoms with E-state index in [9.17, 15) is 17.6 Å². The Labute approximate surface area is 137 Å². The molecule has 0 unspecified atom stereocenters. The molecule has 1 aromatic carbocycles. The maximum Gasteiger partial charge on any atom is 0.326 e. The van der Waals surface area contributed by atoms with Crippen molar-refractivity contribution < 1.29 is 17.6 Å². The van der Waals surface area contributed by atoms with Crippen LogP contribution in [0.5, 0.6) is 0 Å². The first-order chi connectivity index (χ1) is 10.6. The molecule has 1 aromatic heterocycles. The minimum Gasteiger partial charge on any atom is -0.382 e. The number of nitrogens with zero attached hydrogens (tertiary/aromatic N) is 3. The van der Waals surface area contributed by atoms with Crippen LogP contribution >= 0.6 is 23.2 Å². The number of anilines is 1. The SMILES string of the molecule is N=c1nc(N)c(-c2cccc(Cl)c2Cl)nn1CC(F)(F)C(F)F. The molecule has 0 saturated carbocycles. The highest BCUT2D eigenvalue weighted by molar-refractivity contribution is 6.43. The predicted octanol–water partition coefficient (Wildman–Crippen LogP) is 3.21. The third-order valence-electron chi connectivity index (χ3n) is 2.82. The number of hydrogen-bond acceptors (Lipinski definition) is 4. The van der Waals surface area contributed by atoms with Gasteiger partial charge in [-0.3, -0.25) is 5.41 Å². The van der Waals surface area contributed by atoms with Crippen molar-refractivity contribution in [1.82, 2.24) is 14.8 Å². The quantitative estimate of drug-likeness (QED) is 0.811. The van der Waals surface area contributed by atoms with E-state index in [1.807, 2.05) is 0 Å². The van der Waals surface area contributed by atoms with Crippen molar-refractivity contribution in [1.29, 1.82) is 5.41 Å². The molecule has 2 aromatic rings. The summed E-state index contributed by atoms with van der Waals surface area (Å²) in [5.41, 5.74) is 4.87. The van der Waals surface area contributed by atoms with Gasteiger partial charge in [0.15, 0.2) is 5.82 Å². The number of aromatic nitrogens is 3. The summed E-state index contributed by atoms with van der Waals surface area (Å²) in [5.74, 6) is -4.64. The van der Waals surface area contributed by atoms with E-state index in [-0.39, 0.29) is 27.1 Å². The Bertz CT molecular complexity index is 794. The van der Waals surface area contributed by atoms with E-state index in [0.29, 0.717) is 4.68 Å². The molecule has 0 aliphatic carbocycles. The van der Waals surface area contributed by atoms with Gasteiger partial charge in [-0.15, -0.1) is 0 Å². The molecule has 2 rings (SSSR count). The van der Waals surface area contributed by atoms with E-state index >= 15 is 0 Å². The topological polar surface area (TPSA) is 80.6 Å². The number of alkyl halides is 4. The second-order valence-electron chi connectivity index (χ2n) is 4.49. The molecular formula is C12H9Cl2F4N5. The number of rotatable bonds is 4. The van der Waals surface area contributed by atoms with Crippen LogP contribution in [0.2, 0.25) is 10.0 Å². The molecule has 5 nitrogen and oxygen atoms in total. The Morgan fingerprint density at radius 3 is 2.57 bits per heavy atom. The highest BCUT2D eigenvalue weighted by Crippen LogP contribution is 2.34. The third-order valence-corrected chi connectivity index (χ3v) is 3.64. The van der Waals surface area contributed by atoms with Crippen LogP contribution in [0, 0.1) is 5.41 Å². The molecular weight excluding hydrogens is 361 g/mol. The third kappa shape index (κ3) is 3.56. The molecule has 0 fully saturated rings. The van der Waals surface area contributed by atoms with Crippen LogP contribution in [0.25, 0.3) is 11.3 Å². The van der Waals surface area contributed by atoms with E-state index in [1.165, 1.54) is 18.2 Å². The van der Waals surface area contributed by atoms with Crippen LogP contribution < -0.4 is 11.4 Å². The highest BCUT2D eigenvalue weighted by atomic mass is 35.5. The Balaban J connectivity index is 2.57. The summed E-state index contributed by atoms with van der Waals surface area (Å²) in [5, 5.41) is 11.4. The molecule has 0 aliphatic rings. The van der Waals surface area contributed by atoms with Crippen LogP contribution in [-0.2, 0) is 6.54 Å². The minimum absolute atomic E-state index is 0.0417. The molecule has 23 heavy (non-hydrogen) atoms. The zero-order valence-corrected chi connectivity index (χ0v) is 12.7. The first kappa shape index (κ1) is 17.5. The summed E-state index contributed by atoms with van der Waals surface area (Å²) in [6, 6.07) is 4.44. The van der Waals surface area contributed by atoms with Crippen molar-refractivity contribution in [2.75, 3.05) is 5.73 Å².